The first-order valence-electron chi connectivity index (χ1n) is 9.64. The van der Waals surface area contributed by atoms with E-state index in [0.29, 0.717) is 18.7 Å². The maximum absolute atomic E-state index is 13.3. The molecule has 4 rings (SSSR count). The van der Waals surface area contributed by atoms with Crippen LogP contribution in [-0.4, -0.2) is 37.2 Å². The molecule has 1 amide bonds. The van der Waals surface area contributed by atoms with Crippen LogP contribution in [0.1, 0.15) is 33.2 Å². The van der Waals surface area contributed by atoms with Crippen LogP contribution in [0.25, 0.3) is 0 Å². The van der Waals surface area contributed by atoms with Gasteiger partial charge in [-0.05, 0) is 45.6 Å². The Morgan fingerprint density at radius 3 is 2.53 bits per heavy atom. The lowest BCUT2D eigenvalue weighted by atomic mass is 10.1. The summed E-state index contributed by atoms with van der Waals surface area (Å²) in [4.78, 5) is 18.9. The van der Waals surface area contributed by atoms with Crippen LogP contribution in [0.2, 0.25) is 0 Å². The van der Waals surface area contributed by atoms with E-state index in [1.54, 1.807) is 15.9 Å². The van der Waals surface area contributed by atoms with Crippen molar-refractivity contribution < 1.29 is 9.90 Å². The van der Waals surface area contributed by atoms with Crippen molar-refractivity contribution >= 4 is 17.2 Å². The first-order chi connectivity index (χ1) is 14.7. The molecular weight excluding hydrogens is 396 g/mol. The third-order valence-electron chi connectivity index (χ3n) is 4.84. The summed E-state index contributed by atoms with van der Waals surface area (Å²) in [6, 6.07) is 19.2. The van der Waals surface area contributed by atoms with Crippen molar-refractivity contribution in [3.8, 4) is 0 Å². The van der Waals surface area contributed by atoms with Crippen LogP contribution in [0.4, 0.5) is 0 Å². The highest BCUT2D eigenvalue weighted by atomic mass is 32.1. The first-order valence-corrected chi connectivity index (χ1v) is 10.6. The standard InChI is InChI=1S/C23H22N4O2S/c28-22(21-10-11-30-15-21)14-26(12-18-4-2-1-3-5-18)23(29)20-8-6-19(7-9-20)13-27-17-24-16-25-27/h1-11,15-17,22,28H,12-14H2. The number of rotatable bonds is 8. The second-order valence-corrected chi connectivity index (χ2v) is 7.81. The molecule has 0 aliphatic carbocycles. The van der Waals surface area contributed by atoms with Gasteiger partial charge in [-0.25, -0.2) is 9.67 Å². The van der Waals surface area contributed by atoms with Crippen LogP contribution in [0.3, 0.4) is 0 Å². The Balaban J connectivity index is 1.51. The van der Waals surface area contributed by atoms with Crippen molar-refractivity contribution in [3.05, 3.63) is 106 Å². The zero-order valence-electron chi connectivity index (χ0n) is 16.3. The van der Waals surface area contributed by atoms with E-state index in [0.717, 1.165) is 16.7 Å². The summed E-state index contributed by atoms with van der Waals surface area (Å²) in [6.07, 6.45) is 2.43. The second-order valence-electron chi connectivity index (χ2n) is 7.03. The summed E-state index contributed by atoms with van der Waals surface area (Å²) in [5.41, 5.74) is 3.47. The minimum atomic E-state index is -0.726. The molecule has 4 aromatic rings. The monoisotopic (exact) mass is 418 g/mol. The number of amides is 1. The highest BCUT2D eigenvalue weighted by Gasteiger charge is 2.21. The lowest BCUT2D eigenvalue weighted by Gasteiger charge is -2.25. The fourth-order valence-electron chi connectivity index (χ4n) is 3.24. The molecule has 7 heteroatoms. The SMILES string of the molecule is O=C(c1ccc(Cn2cncn2)cc1)N(Cc1ccccc1)CC(O)c1ccsc1. The maximum atomic E-state index is 13.3. The van der Waals surface area contributed by atoms with E-state index in [2.05, 4.69) is 10.1 Å². The number of thiophene rings is 1. The minimum absolute atomic E-state index is 0.111. The van der Waals surface area contributed by atoms with E-state index in [9.17, 15) is 9.90 Å². The Morgan fingerprint density at radius 1 is 1.07 bits per heavy atom. The van der Waals surface area contributed by atoms with Gasteiger partial charge < -0.3 is 10.0 Å². The molecule has 152 valence electrons. The van der Waals surface area contributed by atoms with Gasteiger partial charge in [0.25, 0.3) is 5.91 Å². The Labute approximate surface area is 179 Å². The Kier molecular flexibility index (Phi) is 6.32. The molecule has 2 heterocycles. The Hall–Kier alpha value is -3.29. The van der Waals surface area contributed by atoms with Gasteiger partial charge in [-0.1, -0.05) is 42.5 Å². The number of aliphatic hydroxyl groups excluding tert-OH is 1. The number of hydrogen-bond acceptors (Lipinski definition) is 5. The zero-order valence-corrected chi connectivity index (χ0v) is 17.2. The van der Waals surface area contributed by atoms with Gasteiger partial charge in [0.05, 0.1) is 19.2 Å². The van der Waals surface area contributed by atoms with Gasteiger partial charge in [0, 0.05) is 12.1 Å². The molecule has 1 atom stereocenters. The van der Waals surface area contributed by atoms with Gasteiger partial charge in [0.1, 0.15) is 12.7 Å². The van der Waals surface area contributed by atoms with Crippen molar-refractivity contribution in [3.63, 3.8) is 0 Å². The molecule has 1 N–H and O–H groups in total. The van der Waals surface area contributed by atoms with Crippen LogP contribution in [-0.2, 0) is 13.1 Å². The van der Waals surface area contributed by atoms with Gasteiger partial charge in [0.2, 0.25) is 0 Å². The summed E-state index contributed by atoms with van der Waals surface area (Å²) < 4.78 is 1.73. The van der Waals surface area contributed by atoms with Crippen LogP contribution in [0, 0.1) is 0 Å². The summed E-state index contributed by atoms with van der Waals surface area (Å²) in [5, 5.41) is 18.6. The first kappa shape index (κ1) is 20.0. The summed E-state index contributed by atoms with van der Waals surface area (Å²) >= 11 is 1.53. The van der Waals surface area contributed by atoms with Gasteiger partial charge in [0.15, 0.2) is 0 Å². The molecule has 1 unspecified atom stereocenters. The third kappa shape index (κ3) is 5.00. The average molecular weight is 419 g/mol. The van der Waals surface area contributed by atoms with Crippen molar-refractivity contribution in [1.29, 1.82) is 0 Å². The molecular formula is C23H22N4O2S. The molecule has 0 saturated heterocycles. The van der Waals surface area contributed by atoms with E-state index in [1.165, 1.54) is 17.7 Å². The summed E-state index contributed by atoms with van der Waals surface area (Å²) in [5.74, 6) is -0.111. The maximum Gasteiger partial charge on any atom is 0.254 e. The van der Waals surface area contributed by atoms with Gasteiger partial charge in [-0.2, -0.15) is 16.4 Å². The predicted molar refractivity (Wildman–Crippen MR) is 116 cm³/mol. The largest absolute Gasteiger partial charge is 0.387 e. The molecule has 0 saturated carbocycles. The molecule has 0 aliphatic heterocycles. The summed E-state index contributed by atoms with van der Waals surface area (Å²) in [6.45, 7) is 1.26. The number of carbonyl (C=O) groups is 1. The molecule has 0 fully saturated rings. The molecule has 6 nitrogen and oxygen atoms in total. The minimum Gasteiger partial charge on any atom is -0.387 e. The summed E-state index contributed by atoms with van der Waals surface area (Å²) in [7, 11) is 0. The van der Waals surface area contributed by atoms with Crippen molar-refractivity contribution in [1.82, 2.24) is 19.7 Å². The molecule has 0 radical (unpaired) electrons. The molecule has 0 bridgehead atoms. The smallest absolute Gasteiger partial charge is 0.254 e. The molecule has 0 aliphatic rings. The van der Waals surface area contributed by atoms with Crippen molar-refractivity contribution in [2.75, 3.05) is 6.54 Å². The number of aliphatic hydroxyl groups is 1. The van der Waals surface area contributed by atoms with Gasteiger partial charge >= 0.3 is 0 Å². The normalized spacial score (nSPS) is 11.9. The average Bonchev–Trinajstić information content (AvgIpc) is 3.48. The predicted octanol–water partition coefficient (Wildman–Crippen LogP) is 3.76. The van der Waals surface area contributed by atoms with Gasteiger partial charge in [-0.15, -0.1) is 0 Å². The number of hydrogen-bond donors (Lipinski definition) is 1. The van der Waals surface area contributed by atoms with Crippen LogP contribution in [0.15, 0.2) is 84.1 Å². The Morgan fingerprint density at radius 2 is 1.87 bits per heavy atom. The van der Waals surface area contributed by atoms with E-state index >= 15 is 0 Å². The molecule has 2 aromatic carbocycles. The van der Waals surface area contributed by atoms with E-state index in [1.807, 2.05) is 71.4 Å². The fourth-order valence-corrected chi connectivity index (χ4v) is 3.95. The van der Waals surface area contributed by atoms with Crippen LogP contribution in [0.5, 0.6) is 0 Å². The number of benzene rings is 2. The highest BCUT2D eigenvalue weighted by Crippen LogP contribution is 2.20. The lowest BCUT2D eigenvalue weighted by molar-refractivity contribution is 0.0604. The topological polar surface area (TPSA) is 71.2 Å². The molecule has 2 aromatic heterocycles. The third-order valence-corrected chi connectivity index (χ3v) is 5.54. The van der Waals surface area contributed by atoms with E-state index in [4.69, 9.17) is 0 Å². The highest BCUT2D eigenvalue weighted by molar-refractivity contribution is 7.07. The fraction of sp³-hybridized carbons (Fsp3) is 0.174. The van der Waals surface area contributed by atoms with Crippen LogP contribution >= 0.6 is 11.3 Å². The van der Waals surface area contributed by atoms with Crippen LogP contribution < -0.4 is 0 Å². The zero-order chi connectivity index (χ0) is 20.8. The lowest BCUT2D eigenvalue weighted by Crippen LogP contribution is -2.34. The second kappa shape index (κ2) is 9.47. The van der Waals surface area contributed by atoms with Crippen molar-refractivity contribution in [2.45, 2.75) is 19.2 Å². The number of nitrogens with zero attached hydrogens (tertiary/aromatic N) is 4. The molecule has 0 spiro atoms. The van der Waals surface area contributed by atoms with E-state index in [-0.39, 0.29) is 12.5 Å². The van der Waals surface area contributed by atoms with E-state index < -0.39 is 6.10 Å². The number of carbonyl (C=O) groups excluding carboxylic acids is 1. The molecule has 30 heavy (non-hydrogen) atoms. The number of aromatic nitrogens is 3. The van der Waals surface area contributed by atoms with Gasteiger partial charge in [-0.3, -0.25) is 4.79 Å². The Bertz CT molecular complexity index is 1050. The quantitative estimate of drug-likeness (QED) is 0.473. The van der Waals surface area contributed by atoms with Crippen molar-refractivity contribution in [2.24, 2.45) is 0 Å².